The quantitative estimate of drug-likeness (QED) is 0.722. The van der Waals surface area contributed by atoms with Crippen molar-refractivity contribution in [2.24, 2.45) is 0 Å². The van der Waals surface area contributed by atoms with Crippen LogP contribution in [0.15, 0.2) is 18.2 Å². The maximum atomic E-state index is 8.64. The van der Waals surface area contributed by atoms with Crippen molar-refractivity contribution >= 4 is 11.6 Å². The molecule has 0 heterocycles. The van der Waals surface area contributed by atoms with Crippen LogP contribution in [-0.2, 0) is 6.42 Å². The number of hydrogen-bond acceptors (Lipinski definition) is 1. The number of aryl methyl sites for hydroxylation is 1. The van der Waals surface area contributed by atoms with Crippen molar-refractivity contribution in [3.05, 3.63) is 34.3 Å². The summed E-state index contributed by atoms with van der Waals surface area (Å²) in [6.45, 7) is 2.14. The van der Waals surface area contributed by atoms with E-state index in [1.807, 2.05) is 25.1 Å². The second kappa shape index (κ2) is 3.74. The Morgan fingerprint density at radius 2 is 2.18 bits per heavy atom. The van der Waals surface area contributed by atoms with Gasteiger partial charge in [0.25, 0.3) is 0 Å². The van der Waals surface area contributed by atoms with Crippen molar-refractivity contribution in [1.29, 1.82) is 0 Å². The summed E-state index contributed by atoms with van der Waals surface area (Å²) in [5.74, 6) is 0. The van der Waals surface area contributed by atoms with E-state index in [0.717, 1.165) is 16.1 Å². The van der Waals surface area contributed by atoms with Gasteiger partial charge in [-0.25, -0.2) is 0 Å². The lowest BCUT2D eigenvalue weighted by Gasteiger charge is -2.00. The molecular weight excluding hydrogens is 160 g/mol. The first-order chi connectivity index (χ1) is 5.24. The minimum Gasteiger partial charge on any atom is -0.396 e. The molecule has 2 heteroatoms. The number of benzene rings is 1. The summed E-state index contributed by atoms with van der Waals surface area (Å²) in [5, 5.41) is 9.41. The molecule has 1 N–H and O–H groups in total. The number of halogens is 1. The summed E-state index contributed by atoms with van der Waals surface area (Å²) < 4.78 is 0. The lowest BCUT2D eigenvalue weighted by atomic mass is 10.1. The molecule has 0 bridgehead atoms. The van der Waals surface area contributed by atoms with Gasteiger partial charge in [-0.1, -0.05) is 23.7 Å². The molecule has 0 unspecified atom stereocenters. The Labute approximate surface area is 71.6 Å². The molecule has 0 fully saturated rings. The van der Waals surface area contributed by atoms with Gasteiger partial charge in [-0.15, -0.1) is 0 Å². The minimum absolute atomic E-state index is 0.180. The lowest BCUT2D eigenvalue weighted by molar-refractivity contribution is 0.299. The maximum absolute atomic E-state index is 8.64. The SMILES string of the molecule is Cc1ccc(CCO)cc1Cl. The molecule has 0 saturated carbocycles. The number of rotatable bonds is 2. The molecule has 0 aromatic heterocycles. The molecule has 0 aliphatic heterocycles. The van der Waals surface area contributed by atoms with Crippen LogP contribution in [0.1, 0.15) is 11.1 Å². The predicted octanol–water partition coefficient (Wildman–Crippen LogP) is 2.18. The Bertz CT molecular complexity index is 245. The predicted molar refractivity (Wildman–Crippen MR) is 47.0 cm³/mol. The molecule has 60 valence electrons. The highest BCUT2D eigenvalue weighted by atomic mass is 35.5. The van der Waals surface area contributed by atoms with Gasteiger partial charge in [-0.3, -0.25) is 0 Å². The normalized spacial score (nSPS) is 10.1. The second-order valence-corrected chi connectivity index (χ2v) is 2.96. The lowest BCUT2D eigenvalue weighted by Crippen LogP contribution is -1.90. The van der Waals surface area contributed by atoms with E-state index in [0.29, 0.717) is 6.42 Å². The largest absolute Gasteiger partial charge is 0.396 e. The molecule has 1 rings (SSSR count). The molecule has 0 aliphatic rings. The highest BCUT2D eigenvalue weighted by Crippen LogP contribution is 2.16. The van der Waals surface area contributed by atoms with Crippen molar-refractivity contribution in [2.75, 3.05) is 6.61 Å². The molecule has 0 amide bonds. The van der Waals surface area contributed by atoms with Crippen LogP contribution in [0.25, 0.3) is 0 Å². The van der Waals surface area contributed by atoms with E-state index in [1.54, 1.807) is 0 Å². The summed E-state index contributed by atoms with van der Waals surface area (Å²) in [5.41, 5.74) is 2.16. The van der Waals surface area contributed by atoms with Crippen LogP contribution in [0.3, 0.4) is 0 Å². The average molecular weight is 171 g/mol. The van der Waals surface area contributed by atoms with Gasteiger partial charge in [0.1, 0.15) is 0 Å². The first kappa shape index (κ1) is 8.57. The van der Waals surface area contributed by atoms with Gasteiger partial charge in [-0.2, -0.15) is 0 Å². The summed E-state index contributed by atoms with van der Waals surface area (Å²) in [6, 6.07) is 5.85. The van der Waals surface area contributed by atoms with Gasteiger partial charge >= 0.3 is 0 Å². The van der Waals surface area contributed by atoms with Gasteiger partial charge in [0, 0.05) is 11.6 Å². The molecule has 0 atom stereocenters. The third kappa shape index (κ3) is 2.21. The summed E-state index contributed by atoms with van der Waals surface area (Å²) >= 11 is 5.87. The van der Waals surface area contributed by atoms with Crippen LogP contribution in [0, 0.1) is 6.92 Å². The van der Waals surface area contributed by atoms with Crippen molar-refractivity contribution in [2.45, 2.75) is 13.3 Å². The van der Waals surface area contributed by atoms with Crippen LogP contribution >= 0.6 is 11.6 Å². The number of aliphatic hydroxyl groups excluding tert-OH is 1. The Hall–Kier alpha value is -0.530. The third-order valence-corrected chi connectivity index (χ3v) is 2.04. The molecule has 11 heavy (non-hydrogen) atoms. The fourth-order valence-corrected chi connectivity index (χ4v) is 1.12. The van der Waals surface area contributed by atoms with Crippen LogP contribution in [0.4, 0.5) is 0 Å². The Morgan fingerprint density at radius 3 is 2.73 bits per heavy atom. The Balaban J connectivity index is 2.86. The van der Waals surface area contributed by atoms with Crippen LogP contribution in [-0.4, -0.2) is 11.7 Å². The van der Waals surface area contributed by atoms with Gasteiger partial charge in [0.2, 0.25) is 0 Å². The fourth-order valence-electron chi connectivity index (χ4n) is 0.921. The van der Waals surface area contributed by atoms with Gasteiger partial charge in [0.15, 0.2) is 0 Å². The third-order valence-electron chi connectivity index (χ3n) is 1.64. The first-order valence-electron chi connectivity index (χ1n) is 3.60. The molecule has 0 saturated heterocycles. The van der Waals surface area contributed by atoms with E-state index in [2.05, 4.69) is 0 Å². The van der Waals surface area contributed by atoms with Crippen LogP contribution < -0.4 is 0 Å². The van der Waals surface area contributed by atoms with E-state index in [4.69, 9.17) is 16.7 Å². The zero-order valence-corrected chi connectivity index (χ0v) is 7.23. The highest BCUT2D eigenvalue weighted by molar-refractivity contribution is 6.31. The van der Waals surface area contributed by atoms with E-state index in [1.165, 1.54) is 0 Å². The standard InChI is InChI=1S/C9H11ClO/c1-7-2-3-8(4-5-11)6-9(7)10/h2-3,6,11H,4-5H2,1H3. The average Bonchev–Trinajstić information content (AvgIpc) is 1.98. The zero-order chi connectivity index (χ0) is 8.27. The maximum Gasteiger partial charge on any atom is 0.0471 e. The molecular formula is C9H11ClO. The molecule has 0 radical (unpaired) electrons. The summed E-state index contributed by atoms with van der Waals surface area (Å²) in [6.07, 6.45) is 0.681. The molecule has 0 aliphatic carbocycles. The van der Waals surface area contributed by atoms with E-state index >= 15 is 0 Å². The molecule has 0 spiro atoms. The smallest absolute Gasteiger partial charge is 0.0471 e. The van der Waals surface area contributed by atoms with Gasteiger partial charge < -0.3 is 5.11 Å². The Morgan fingerprint density at radius 1 is 1.45 bits per heavy atom. The van der Waals surface area contributed by atoms with Crippen molar-refractivity contribution in [1.82, 2.24) is 0 Å². The minimum atomic E-state index is 0.180. The van der Waals surface area contributed by atoms with Crippen molar-refractivity contribution < 1.29 is 5.11 Å². The van der Waals surface area contributed by atoms with Crippen LogP contribution in [0.2, 0.25) is 5.02 Å². The monoisotopic (exact) mass is 170 g/mol. The molecule has 1 aromatic rings. The summed E-state index contributed by atoms with van der Waals surface area (Å²) in [7, 11) is 0. The van der Waals surface area contributed by atoms with E-state index < -0.39 is 0 Å². The van der Waals surface area contributed by atoms with Gasteiger partial charge in [-0.05, 0) is 30.5 Å². The fraction of sp³-hybridized carbons (Fsp3) is 0.333. The number of hydrogen-bond donors (Lipinski definition) is 1. The van der Waals surface area contributed by atoms with E-state index in [9.17, 15) is 0 Å². The second-order valence-electron chi connectivity index (χ2n) is 2.56. The highest BCUT2D eigenvalue weighted by Gasteiger charge is 1.96. The number of aliphatic hydroxyl groups is 1. The van der Waals surface area contributed by atoms with Crippen LogP contribution in [0.5, 0.6) is 0 Å². The molecule has 1 nitrogen and oxygen atoms in total. The van der Waals surface area contributed by atoms with Crippen molar-refractivity contribution in [3.63, 3.8) is 0 Å². The Kier molecular flexibility index (Phi) is 2.92. The molecule has 1 aromatic carbocycles. The zero-order valence-electron chi connectivity index (χ0n) is 6.47. The first-order valence-corrected chi connectivity index (χ1v) is 3.97. The van der Waals surface area contributed by atoms with Gasteiger partial charge in [0.05, 0.1) is 0 Å². The topological polar surface area (TPSA) is 20.2 Å². The van der Waals surface area contributed by atoms with E-state index in [-0.39, 0.29) is 6.61 Å². The summed E-state index contributed by atoms with van der Waals surface area (Å²) in [4.78, 5) is 0. The van der Waals surface area contributed by atoms with Crippen molar-refractivity contribution in [3.8, 4) is 0 Å².